The van der Waals surface area contributed by atoms with Crippen molar-refractivity contribution in [1.29, 1.82) is 5.41 Å². The second-order valence-electron chi connectivity index (χ2n) is 3.15. The van der Waals surface area contributed by atoms with Crippen molar-refractivity contribution in [3.63, 3.8) is 0 Å². The SMILES string of the molecule is COC(=N)c1cc(-c2cccs2)nn1C(F)F. The van der Waals surface area contributed by atoms with Crippen molar-refractivity contribution >= 4 is 17.2 Å². The van der Waals surface area contributed by atoms with Gasteiger partial charge in [0, 0.05) is 0 Å². The van der Waals surface area contributed by atoms with E-state index >= 15 is 0 Å². The van der Waals surface area contributed by atoms with Gasteiger partial charge in [0.15, 0.2) is 0 Å². The normalized spacial score (nSPS) is 10.8. The third kappa shape index (κ3) is 2.19. The fourth-order valence-electron chi connectivity index (χ4n) is 1.36. The Balaban J connectivity index is 2.48. The number of aromatic nitrogens is 2. The summed E-state index contributed by atoms with van der Waals surface area (Å²) < 4.78 is 30.6. The molecule has 17 heavy (non-hydrogen) atoms. The Morgan fingerprint density at radius 2 is 2.35 bits per heavy atom. The lowest BCUT2D eigenvalue weighted by Gasteiger charge is -2.04. The van der Waals surface area contributed by atoms with Gasteiger partial charge in [0.2, 0.25) is 5.90 Å². The second kappa shape index (κ2) is 4.62. The molecule has 7 heteroatoms. The van der Waals surface area contributed by atoms with Crippen LogP contribution in [0.1, 0.15) is 12.2 Å². The second-order valence-corrected chi connectivity index (χ2v) is 4.10. The van der Waals surface area contributed by atoms with E-state index in [4.69, 9.17) is 5.41 Å². The molecule has 0 saturated carbocycles. The number of nitrogens with one attached hydrogen (secondary N) is 1. The number of hydrogen-bond donors (Lipinski definition) is 1. The van der Waals surface area contributed by atoms with Crippen LogP contribution < -0.4 is 0 Å². The first-order valence-corrected chi connectivity index (χ1v) is 5.56. The number of ether oxygens (including phenoxy) is 1. The van der Waals surface area contributed by atoms with Crippen LogP contribution in [0.5, 0.6) is 0 Å². The number of nitrogens with zero attached hydrogens (tertiary/aromatic N) is 2. The summed E-state index contributed by atoms with van der Waals surface area (Å²) in [5, 5.41) is 13.0. The van der Waals surface area contributed by atoms with E-state index in [2.05, 4.69) is 9.84 Å². The summed E-state index contributed by atoms with van der Waals surface area (Å²) in [6.45, 7) is -2.80. The molecule has 90 valence electrons. The molecule has 4 nitrogen and oxygen atoms in total. The maximum atomic E-state index is 12.7. The van der Waals surface area contributed by atoms with E-state index in [1.807, 2.05) is 11.4 Å². The van der Waals surface area contributed by atoms with Gasteiger partial charge in [0.05, 0.1) is 12.0 Å². The molecule has 0 bridgehead atoms. The van der Waals surface area contributed by atoms with Crippen molar-refractivity contribution in [2.45, 2.75) is 6.55 Å². The molecule has 2 rings (SSSR count). The van der Waals surface area contributed by atoms with Gasteiger partial charge in [-0.2, -0.15) is 18.6 Å². The Morgan fingerprint density at radius 1 is 1.59 bits per heavy atom. The largest absolute Gasteiger partial charge is 0.480 e. The van der Waals surface area contributed by atoms with Crippen LogP contribution in [0, 0.1) is 5.41 Å². The summed E-state index contributed by atoms with van der Waals surface area (Å²) in [6.07, 6.45) is 0. The highest BCUT2D eigenvalue weighted by Gasteiger charge is 2.19. The van der Waals surface area contributed by atoms with Crippen molar-refractivity contribution in [2.75, 3.05) is 7.11 Å². The van der Waals surface area contributed by atoms with Gasteiger partial charge in [0.25, 0.3) is 0 Å². The van der Waals surface area contributed by atoms with Crippen LogP contribution in [-0.4, -0.2) is 22.8 Å². The molecule has 0 aliphatic heterocycles. The summed E-state index contributed by atoms with van der Waals surface area (Å²) >= 11 is 1.40. The maximum Gasteiger partial charge on any atom is 0.333 e. The Labute approximate surface area is 100.0 Å². The predicted molar refractivity (Wildman–Crippen MR) is 60.6 cm³/mol. The Kier molecular flexibility index (Phi) is 3.19. The van der Waals surface area contributed by atoms with Crippen LogP contribution in [0.4, 0.5) is 8.78 Å². The van der Waals surface area contributed by atoms with Crippen molar-refractivity contribution in [3.8, 4) is 10.6 Å². The molecule has 0 atom stereocenters. The summed E-state index contributed by atoms with van der Waals surface area (Å²) in [6, 6.07) is 5.01. The highest BCUT2D eigenvalue weighted by molar-refractivity contribution is 7.13. The van der Waals surface area contributed by atoms with E-state index in [1.165, 1.54) is 24.5 Å². The van der Waals surface area contributed by atoms with Crippen molar-refractivity contribution in [3.05, 3.63) is 29.3 Å². The predicted octanol–water partition coefficient (Wildman–Crippen LogP) is 2.98. The third-order valence-electron chi connectivity index (χ3n) is 2.13. The highest BCUT2D eigenvalue weighted by atomic mass is 32.1. The molecule has 0 radical (unpaired) electrons. The minimum atomic E-state index is -2.80. The number of halogens is 2. The Bertz CT molecular complexity index is 522. The zero-order valence-corrected chi connectivity index (χ0v) is 9.67. The molecule has 0 saturated heterocycles. The fraction of sp³-hybridized carbons (Fsp3) is 0.200. The number of alkyl halides is 2. The Morgan fingerprint density at radius 3 is 2.88 bits per heavy atom. The van der Waals surface area contributed by atoms with Crippen LogP contribution in [0.15, 0.2) is 23.6 Å². The molecule has 0 aliphatic carbocycles. The first-order valence-electron chi connectivity index (χ1n) is 4.68. The average Bonchev–Trinajstić information content (AvgIpc) is 2.95. The first-order chi connectivity index (χ1) is 8.13. The van der Waals surface area contributed by atoms with Crippen LogP contribution in [-0.2, 0) is 4.74 Å². The number of methoxy groups -OCH3 is 1. The van der Waals surface area contributed by atoms with E-state index < -0.39 is 6.55 Å². The Hall–Kier alpha value is -1.76. The lowest BCUT2D eigenvalue weighted by atomic mass is 10.3. The lowest BCUT2D eigenvalue weighted by molar-refractivity contribution is 0.0555. The molecule has 0 aliphatic rings. The number of rotatable bonds is 3. The van der Waals surface area contributed by atoms with E-state index in [9.17, 15) is 8.78 Å². The van der Waals surface area contributed by atoms with Crippen LogP contribution in [0.3, 0.4) is 0 Å². The summed E-state index contributed by atoms with van der Waals surface area (Å²) in [7, 11) is 1.26. The zero-order chi connectivity index (χ0) is 12.4. The monoisotopic (exact) mass is 257 g/mol. The van der Waals surface area contributed by atoms with Crippen LogP contribution >= 0.6 is 11.3 Å². The standard InChI is InChI=1S/C10H9F2N3OS/c1-16-9(13)7-5-6(8-3-2-4-17-8)14-15(7)10(11)12/h2-5,10,13H,1H3. The van der Waals surface area contributed by atoms with E-state index in [0.717, 1.165) is 4.88 Å². The van der Waals surface area contributed by atoms with Gasteiger partial charge in [0.1, 0.15) is 11.4 Å². The van der Waals surface area contributed by atoms with Gasteiger partial charge in [-0.25, -0.2) is 0 Å². The topological polar surface area (TPSA) is 50.9 Å². The number of thiophene rings is 1. The van der Waals surface area contributed by atoms with E-state index in [-0.39, 0.29) is 11.6 Å². The minimum Gasteiger partial charge on any atom is -0.480 e. The van der Waals surface area contributed by atoms with Crippen molar-refractivity contribution in [2.24, 2.45) is 0 Å². The molecular formula is C10H9F2N3OS. The molecule has 0 aromatic carbocycles. The highest BCUT2D eigenvalue weighted by Crippen LogP contribution is 2.26. The van der Waals surface area contributed by atoms with E-state index in [1.54, 1.807) is 6.07 Å². The summed E-state index contributed by atoms with van der Waals surface area (Å²) in [5.41, 5.74) is 0.378. The van der Waals surface area contributed by atoms with Crippen molar-refractivity contribution in [1.82, 2.24) is 9.78 Å². The minimum absolute atomic E-state index is 0.0362. The molecule has 0 fully saturated rings. The lowest BCUT2D eigenvalue weighted by Crippen LogP contribution is -2.12. The quantitative estimate of drug-likeness (QED) is 0.678. The summed E-state index contributed by atoms with van der Waals surface area (Å²) in [5.74, 6) is -0.333. The first kappa shape index (κ1) is 11.7. The average molecular weight is 257 g/mol. The number of hydrogen-bond acceptors (Lipinski definition) is 4. The molecular weight excluding hydrogens is 248 g/mol. The third-order valence-corrected chi connectivity index (χ3v) is 3.02. The van der Waals surface area contributed by atoms with Crippen LogP contribution in [0.2, 0.25) is 0 Å². The van der Waals surface area contributed by atoms with Gasteiger partial charge >= 0.3 is 6.55 Å². The van der Waals surface area contributed by atoms with Gasteiger partial charge in [-0.05, 0) is 17.5 Å². The van der Waals surface area contributed by atoms with Crippen molar-refractivity contribution < 1.29 is 13.5 Å². The molecule has 0 amide bonds. The molecule has 2 aromatic rings. The molecule has 2 aromatic heterocycles. The van der Waals surface area contributed by atoms with Crippen LogP contribution in [0.25, 0.3) is 10.6 Å². The summed E-state index contributed by atoms with van der Waals surface area (Å²) in [4.78, 5) is 0.773. The molecule has 2 heterocycles. The van der Waals surface area contributed by atoms with Gasteiger partial charge in [-0.15, -0.1) is 11.3 Å². The fourth-order valence-corrected chi connectivity index (χ4v) is 2.04. The van der Waals surface area contributed by atoms with Gasteiger partial charge < -0.3 is 4.74 Å². The zero-order valence-electron chi connectivity index (χ0n) is 8.85. The van der Waals surface area contributed by atoms with E-state index in [0.29, 0.717) is 10.4 Å². The van der Waals surface area contributed by atoms with Gasteiger partial charge in [-0.1, -0.05) is 6.07 Å². The molecule has 1 N–H and O–H groups in total. The molecule has 0 spiro atoms. The maximum absolute atomic E-state index is 12.7. The molecule has 0 unspecified atom stereocenters. The van der Waals surface area contributed by atoms with Gasteiger partial charge in [-0.3, -0.25) is 5.41 Å². The smallest absolute Gasteiger partial charge is 0.333 e.